The molecule has 4 rings (SSSR count). The molecule has 9 heteroatoms. The van der Waals surface area contributed by atoms with Crippen LogP contribution < -0.4 is 15.4 Å². The zero-order valence-electron chi connectivity index (χ0n) is 19.7. The number of carbonyl (C=O) groups is 2. The maximum atomic E-state index is 13.4. The number of amides is 1. The molecule has 0 saturated heterocycles. The number of hydrogen-bond acceptors (Lipinski definition) is 7. The van der Waals surface area contributed by atoms with Gasteiger partial charge in [0.25, 0.3) is 5.91 Å². The highest BCUT2D eigenvalue weighted by Gasteiger charge is 2.30. The maximum absolute atomic E-state index is 13.4. The van der Waals surface area contributed by atoms with Gasteiger partial charge in [0.2, 0.25) is 5.88 Å². The van der Waals surface area contributed by atoms with Crippen LogP contribution in [0.5, 0.6) is 5.88 Å². The second-order valence-corrected chi connectivity index (χ2v) is 10.5. The summed E-state index contributed by atoms with van der Waals surface area (Å²) in [6, 6.07) is 8.07. The molecular formula is C25H32N4O4S. The summed E-state index contributed by atoms with van der Waals surface area (Å²) in [6.45, 7) is 4.95. The minimum absolute atomic E-state index is 0.142. The molecule has 1 fully saturated rings. The van der Waals surface area contributed by atoms with Crippen LogP contribution in [0.3, 0.4) is 0 Å². The molecule has 34 heavy (non-hydrogen) atoms. The quantitative estimate of drug-likeness (QED) is 0.432. The number of nitrogen functional groups attached to an aromatic ring is 1. The lowest BCUT2D eigenvalue weighted by atomic mass is 9.77. The summed E-state index contributed by atoms with van der Waals surface area (Å²) in [4.78, 5) is 34.8. The van der Waals surface area contributed by atoms with Crippen LogP contribution in [-0.4, -0.2) is 45.9 Å². The highest BCUT2D eigenvalue weighted by Crippen LogP contribution is 2.38. The number of anilines is 2. The third kappa shape index (κ3) is 5.63. The Morgan fingerprint density at radius 1 is 1.21 bits per heavy atom. The third-order valence-electron chi connectivity index (χ3n) is 6.43. The van der Waals surface area contributed by atoms with E-state index >= 15 is 0 Å². The molecule has 8 nitrogen and oxygen atoms in total. The molecule has 0 bridgehead atoms. The Hall–Kier alpha value is -2.81. The summed E-state index contributed by atoms with van der Waals surface area (Å²) < 4.78 is 5.81. The van der Waals surface area contributed by atoms with Crippen molar-refractivity contribution in [2.45, 2.75) is 57.0 Å². The van der Waals surface area contributed by atoms with Crippen LogP contribution in [0.2, 0.25) is 0 Å². The second-order valence-electron chi connectivity index (χ2n) is 9.49. The summed E-state index contributed by atoms with van der Waals surface area (Å²) in [5, 5.41) is 9.54. The van der Waals surface area contributed by atoms with Gasteiger partial charge in [-0.3, -0.25) is 9.59 Å². The number of ether oxygens (including phenoxy) is 1. The van der Waals surface area contributed by atoms with Crippen LogP contribution in [0.15, 0.2) is 29.4 Å². The first-order valence-corrected chi connectivity index (χ1v) is 12.9. The van der Waals surface area contributed by atoms with Crippen molar-refractivity contribution < 1.29 is 19.4 Å². The summed E-state index contributed by atoms with van der Waals surface area (Å²) in [7, 11) is 0. The largest absolute Gasteiger partial charge is 0.481 e. The number of carbonyl (C=O) groups excluding carboxylic acids is 1. The number of rotatable bonds is 7. The Morgan fingerprint density at radius 2 is 1.91 bits per heavy atom. The zero-order valence-corrected chi connectivity index (χ0v) is 20.5. The number of hydrogen-bond donors (Lipinski definition) is 2. The van der Waals surface area contributed by atoms with Crippen LogP contribution in [0.1, 0.15) is 67.8 Å². The molecule has 0 unspecified atom stereocenters. The molecule has 0 spiro atoms. The van der Waals surface area contributed by atoms with Crippen LogP contribution in [0.25, 0.3) is 0 Å². The number of benzene rings is 1. The van der Waals surface area contributed by atoms with Gasteiger partial charge in [-0.25, -0.2) is 4.98 Å². The smallest absolute Gasteiger partial charge is 0.303 e. The molecule has 182 valence electrons. The van der Waals surface area contributed by atoms with Gasteiger partial charge in [0.15, 0.2) is 5.16 Å². The molecule has 1 aliphatic carbocycles. The Balaban J connectivity index is 1.47. The van der Waals surface area contributed by atoms with Crippen LogP contribution in [0, 0.1) is 11.8 Å². The fraction of sp³-hybridized carbons (Fsp3) is 0.520. The molecular weight excluding hydrogens is 452 g/mol. The van der Waals surface area contributed by atoms with E-state index in [2.05, 4.69) is 35.9 Å². The number of nitrogens with zero attached hydrogens (tertiary/aromatic N) is 3. The molecule has 3 N–H and O–H groups in total. The van der Waals surface area contributed by atoms with Gasteiger partial charge in [-0.05, 0) is 61.1 Å². The standard InChI is InChI=1S/C25H32N4O4S/c1-15(2)14-34-25-27-22(26)21-23(28-25)33-12-11-29(24(21)32)19-9-7-18(8-10-19)17-5-3-16(4-6-17)13-20(30)31/h7-10,15-17H,3-6,11-14H2,1-2H3,(H,30,31)(H2,26,27,28)/t16-,17-. The predicted octanol–water partition coefficient (Wildman–Crippen LogP) is 4.59. The first-order chi connectivity index (χ1) is 16.3. The molecule has 0 radical (unpaired) electrons. The van der Waals surface area contributed by atoms with Crippen molar-refractivity contribution in [3.05, 3.63) is 35.4 Å². The summed E-state index contributed by atoms with van der Waals surface area (Å²) in [5.74, 6) is 1.46. The van der Waals surface area contributed by atoms with Gasteiger partial charge in [-0.1, -0.05) is 37.7 Å². The Kier molecular flexibility index (Phi) is 7.60. The number of carboxylic acids is 1. The van der Waals surface area contributed by atoms with Crippen molar-refractivity contribution in [1.82, 2.24) is 9.97 Å². The summed E-state index contributed by atoms with van der Waals surface area (Å²) in [5.41, 5.74) is 8.41. The van der Waals surface area contributed by atoms with Gasteiger partial charge in [0.1, 0.15) is 18.0 Å². The minimum atomic E-state index is -0.711. The summed E-state index contributed by atoms with van der Waals surface area (Å²) in [6.07, 6.45) is 4.12. The topological polar surface area (TPSA) is 119 Å². The Labute approximate surface area is 204 Å². The lowest BCUT2D eigenvalue weighted by Crippen LogP contribution is -2.32. The van der Waals surface area contributed by atoms with Gasteiger partial charge in [0.05, 0.1) is 6.54 Å². The van der Waals surface area contributed by atoms with Crippen molar-refractivity contribution in [1.29, 1.82) is 0 Å². The average Bonchev–Trinajstić information content (AvgIpc) is 2.97. The number of thioether (sulfide) groups is 1. The second kappa shape index (κ2) is 10.6. The number of nitrogens with two attached hydrogens (primary N) is 1. The lowest BCUT2D eigenvalue weighted by Gasteiger charge is -2.28. The van der Waals surface area contributed by atoms with E-state index in [0.717, 1.165) is 37.1 Å². The molecule has 1 saturated carbocycles. The van der Waals surface area contributed by atoms with Gasteiger partial charge in [-0.2, -0.15) is 4.98 Å². The molecule has 1 aromatic carbocycles. The van der Waals surface area contributed by atoms with Crippen molar-refractivity contribution in [3.8, 4) is 5.88 Å². The van der Waals surface area contributed by atoms with Crippen LogP contribution >= 0.6 is 11.8 Å². The van der Waals surface area contributed by atoms with Gasteiger partial charge in [0, 0.05) is 17.9 Å². The van der Waals surface area contributed by atoms with E-state index in [1.807, 2.05) is 12.1 Å². The van der Waals surface area contributed by atoms with Crippen molar-refractivity contribution >= 4 is 35.1 Å². The predicted molar refractivity (Wildman–Crippen MR) is 133 cm³/mol. The van der Waals surface area contributed by atoms with E-state index < -0.39 is 5.97 Å². The third-order valence-corrected chi connectivity index (χ3v) is 7.70. The highest BCUT2D eigenvalue weighted by molar-refractivity contribution is 7.99. The molecule has 0 atom stereocenters. The van der Waals surface area contributed by atoms with E-state index in [1.165, 1.54) is 17.3 Å². The normalized spacial score (nSPS) is 20.6. The molecule has 1 amide bonds. The first kappa shape index (κ1) is 24.3. The number of carboxylic acid groups (broad SMARTS) is 1. The summed E-state index contributed by atoms with van der Waals surface area (Å²) >= 11 is 1.50. The Morgan fingerprint density at radius 3 is 2.56 bits per heavy atom. The number of aromatic nitrogens is 2. The maximum Gasteiger partial charge on any atom is 0.303 e. The van der Waals surface area contributed by atoms with Gasteiger partial charge >= 0.3 is 5.97 Å². The molecule has 2 aliphatic rings. The van der Waals surface area contributed by atoms with Gasteiger partial charge in [-0.15, -0.1) is 0 Å². The first-order valence-electron chi connectivity index (χ1n) is 11.9. The molecule has 2 aromatic rings. The van der Waals surface area contributed by atoms with E-state index in [-0.39, 0.29) is 35.5 Å². The fourth-order valence-electron chi connectivity index (χ4n) is 4.64. The number of fused-ring (bicyclic) bond motifs is 1. The van der Waals surface area contributed by atoms with Crippen LogP contribution in [0.4, 0.5) is 11.5 Å². The monoisotopic (exact) mass is 484 g/mol. The van der Waals surface area contributed by atoms with Crippen molar-refractivity contribution in [3.63, 3.8) is 0 Å². The molecule has 1 aromatic heterocycles. The van der Waals surface area contributed by atoms with E-state index in [9.17, 15) is 9.59 Å². The SMILES string of the molecule is CC(C)CSc1nc(N)c2c(n1)OCCN(c1ccc([C@H]3CC[C@H](CC(=O)O)CC3)cc1)C2=O. The van der Waals surface area contributed by atoms with Crippen LogP contribution in [-0.2, 0) is 4.79 Å². The van der Waals surface area contributed by atoms with Crippen molar-refractivity contribution in [2.75, 3.05) is 29.5 Å². The highest BCUT2D eigenvalue weighted by atomic mass is 32.2. The fourth-order valence-corrected chi connectivity index (χ4v) is 5.43. The minimum Gasteiger partial charge on any atom is -0.481 e. The van der Waals surface area contributed by atoms with E-state index in [0.29, 0.717) is 30.1 Å². The Bertz CT molecular complexity index is 1040. The molecule has 1 aliphatic heterocycles. The average molecular weight is 485 g/mol. The zero-order chi connectivity index (χ0) is 24.2. The van der Waals surface area contributed by atoms with E-state index in [4.69, 9.17) is 15.6 Å². The van der Waals surface area contributed by atoms with E-state index in [1.54, 1.807) is 4.90 Å². The molecule has 2 heterocycles. The number of aliphatic carboxylic acids is 1. The lowest BCUT2D eigenvalue weighted by molar-refractivity contribution is -0.138. The van der Waals surface area contributed by atoms with Gasteiger partial charge < -0.3 is 20.5 Å². The van der Waals surface area contributed by atoms with Crippen molar-refractivity contribution in [2.24, 2.45) is 11.8 Å².